The van der Waals surface area contributed by atoms with Crippen LogP contribution in [-0.4, -0.2) is 93.4 Å². The smallest absolute Gasteiger partial charge is 0.408 e. The quantitative estimate of drug-likeness (QED) is 0.148. The fraction of sp³-hybridized carbons (Fsp3) is 0.600. The summed E-state index contributed by atoms with van der Waals surface area (Å²) in [6.45, 7) is 11.4. The van der Waals surface area contributed by atoms with Crippen LogP contribution in [0.3, 0.4) is 0 Å². The Balaban J connectivity index is 1.20. The van der Waals surface area contributed by atoms with E-state index in [2.05, 4.69) is 16.0 Å². The second kappa shape index (κ2) is 15.2. The number of fused-ring (bicyclic) bond motifs is 2. The van der Waals surface area contributed by atoms with Gasteiger partial charge < -0.3 is 40.2 Å². The lowest BCUT2D eigenvalue weighted by atomic mass is 9.85. The summed E-state index contributed by atoms with van der Waals surface area (Å²) in [5.41, 5.74) is -0.706. The van der Waals surface area contributed by atoms with Gasteiger partial charge in [-0.3, -0.25) is 9.59 Å². The van der Waals surface area contributed by atoms with Crippen LogP contribution in [0.15, 0.2) is 24.3 Å². The standard InChI is InChI=1S/C40H51ClN6O8S/c1-8-22-17-40(22,36(50)51)46-34(48)29-15-25(18-47(29)35(49)32(39(4,5)6)45-38(52)55-24-12-20-11-21(20)13-24)54-30-16-28(31-33(41)56-37(44-31)42-19(2)3)43-27-14-23(53-7)9-10-26(27)30/h9-10,14,16,19-22,24-25,29,32H,8,11-13,15,17-18H2,1-7H3,(H,42,44)(H,45,52)(H,46,48)(H,50,51)/t20-,21+,22-,24?,25-,29+,32-,40-/m1/s1. The molecule has 1 aliphatic heterocycles. The average Bonchev–Trinajstić information content (AvgIpc) is 3.86. The molecule has 3 saturated carbocycles. The zero-order chi connectivity index (χ0) is 40.3. The van der Waals surface area contributed by atoms with Gasteiger partial charge in [0.05, 0.1) is 24.9 Å². The summed E-state index contributed by atoms with van der Waals surface area (Å²) < 4.78 is 18.4. The minimum atomic E-state index is -1.40. The second-order valence-corrected chi connectivity index (χ2v) is 18.7. The van der Waals surface area contributed by atoms with Gasteiger partial charge in [-0.15, -0.1) is 0 Å². The molecule has 3 amide bonds. The molecule has 0 radical (unpaired) electrons. The predicted octanol–water partition coefficient (Wildman–Crippen LogP) is 6.50. The van der Waals surface area contributed by atoms with Crippen LogP contribution in [0, 0.1) is 23.2 Å². The molecule has 1 aromatic carbocycles. The van der Waals surface area contributed by atoms with Crippen molar-refractivity contribution in [3.05, 3.63) is 28.6 Å². The highest BCUT2D eigenvalue weighted by atomic mass is 35.5. The van der Waals surface area contributed by atoms with Crippen molar-refractivity contribution < 1.29 is 38.5 Å². The molecule has 4 fully saturated rings. The first kappa shape index (κ1) is 39.8. The van der Waals surface area contributed by atoms with E-state index in [0.29, 0.717) is 67.9 Å². The molecule has 3 aromatic rings. The zero-order valence-corrected chi connectivity index (χ0v) is 34.4. The number of benzene rings is 1. The molecule has 1 saturated heterocycles. The number of pyridine rings is 1. The van der Waals surface area contributed by atoms with Crippen LogP contribution in [0.2, 0.25) is 4.34 Å². The SMILES string of the molecule is CC[C@@H]1C[C@]1(NC(=O)[C@@H]1C[C@@H](Oc2cc(-c3nc(NC(C)C)sc3Cl)nc3cc(OC)ccc23)CN1C(=O)[C@@H](NC(=O)OC1C[C@@H]2C[C@@H]2C1)C(C)(C)C)C(=O)O. The molecule has 302 valence electrons. The van der Waals surface area contributed by atoms with Crippen LogP contribution in [0.4, 0.5) is 9.93 Å². The Labute approximate surface area is 335 Å². The lowest BCUT2D eigenvalue weighted by Crippen LogP contribution is -2.59. The molecule has 7 rings (SSSR count). The van der Waals surface area contributed by atoms with Crippen molar-refractivity contribution in [2.24, 2.45) is 23.2 Å². The molecule has 3 aliphatic carbocycles. The van der Waals surface area contributed by atoms with Crippen LogP contribution >= 0.6 is 22.9 Å². The van der Waals surface area contributed by atoms with Crippen LogP contribution < -0.4 is 25.4 Å². The highest BCUT2D eigenvalue weighted by Gasteiger charge is 2.61. The van der Waals surface area contributed by atoms with Gasteiger partial charge in [0, 0.05) is 30.0 Å². The number of aromatic nitrogens is 2. The third-order valence-corrected chi connectivity index (χ3v) is 12.7. The molecular formula is C40H51ClN6O8S. The van der Waals surface area contributed by atoms with Gasteiger partial charge in [0.15, 0.2) is 5.13 Å². The summed E-state index contributed by atoms with van der Waals surface area (Å²) in [5.74, 6) is -0.205. The predicted molar refractivity (Wildman–Crippen MR) is 212 cm³/mol. The number of nitrogens with zero attached hydrogens (tertiary/aromatic N) is 3. The van der Waals surface area contributed by atoms with E-state index in [1.54, 1.807) is 25.3 Å². The van der Waals surface area contributed by atoms with E-state index in [-0.39, 0.29) is 31.0 Å². The molecule has 2 aromatic heterocycles. The fourth-order valence-corrected chi connectivity index (χ4v) is 9.52. The number of aliphatic carboxylic acids is 1. The van der Waals surface area contributed by atoms with E-state index in [9.17, 15) is 24.3 Å². The molecule has 8 atom stereocenters. The topological polar surface area (TPSA) is 181 Å². The highest BCUT2D eigenvalue weighted by Crippen LogP contribution is 2.52. The second-order valence-electron chi connectivity index (χ2n) is 17.1. The first-order valence-electron chi connectivity index (χ1n) is 19.4. The number of thiazole rings is 1. The minimum Gasteiger partial charge on any atom is -0.497 e. The average molecular weight is 811 g/mol. The van der Waals surface area contributed by atoms with Crippen molar-refractivity contribution in [2.75, 3.05) is 19.0 Å². The largest absolute Gasteiger partial charge is 0.497 e. The normalized spacial score (nSPS) is 27.1. The number of rotatable bonds is 13. The Bertz CT molecular complexity index is 2030. The van der Waals surface area contributed by atoms with Crippen molar-refractivity contribution in [3.8, 4) is 22.9 Å². The Hall–Kier alpha value is -4.37. The van der Waals surface area contributed by atoms with Gasteiger partial charge in [-0.1, -0.05) is 57.1 Å². The number of halogens is 1. The highest BCUT2D eigenvalue weighted by molar-refractivity contribution is 7.20. The number of carbonyl (C=O) groups excluding carboxylic acids is 3. The van der Waals surface area contributed by atoms with Gasteiger partial charge in [-0.05, 0) is 74.8 Å². The number of methoxy groups -OCH3 is 1. The summed E-state index contributed by atoms with van der Waals surface area (Å²) in [7, 11) is 1.56. The number of alkyl carbamates (subject to hydrolysis) is 1. The van der Waals surface area contributed by atoms with E-state index >= 15 is 0 Å². The number of hydrogen-bond donors (Lipinski definition) is 4. The first-order valence-corrected chi connectivity index (χ1v) is 20.6. The lowest BCUT2D eigenvalue weighted by Gasteiger charge is -2.35. The number of amides is 3. The van der Waals surface area contributed by atoms with Gasteiger partial charge in [-0.2, -0.15) is 0 Å². The summed E-state index contributed by atoms with van der Waals surface area (Å²) in [5, 5.41) is 20.4. The minimum absolute atomic E-state index is 0.0152. The lowest BCUT2D eigenvalue weighted by molar-refractivity contribution is -0.146. The fourth-order valence-electron chi connectivity index (χ4n) is 8.31. The van der Waals surface area contributed by atoms with E-state index in [1.165, 1.54) is 22.7 Å². The number of carbonyl (C=O) groups is 4. The van der Waals surface area contributed by atoms with Crippen molar-refractivity contribution >= 4 is 62.8 Å². The maximum Gasteiger partial charge on any atom is 0.408 e. The van der Waals surface area contributed by atoms with Gasteiger partial charge in [0.2, 0.25) is 11.8 Å². The maximum atomic E-state index is 14.7. The Morgan fingerprint density at radius 1 is 1.07 bits per heavy atom. The van der Waals surface area contributed by atoms with Gasteiger partial charge in [0.25, 0.3) is 0 Å². The molecule has 1 unspecified atom stereocenters. The molecule has 3 heterocycles. The number of likely N-dealkylation sites (tertiary alicyclic amines) is 1. The monoisotopic (exact) mass is 810 g/mol. The summed E-state index contributed by atoms with van der Waals surface area (Å²) >= 11 is 8.00. The van der Waals surface area contributed by atoms with E-state index in [4.69, 9.17) is 35.8 Å². The number of anilines is 1. The molecular weight excluding hydrogens is 760 g/mol. The van der Waals surface area contributed by atoms with Crippen LogP contribution in [0.25, 0.3) is 22.3 Å². The Morgan fingerprint density at radius 2 is 1.80 bits per heavy atom. The number of carboxylic acids is 1. The van der Waals surface area contributed by atoms with Crippen LogP contribution in [0.1, 0.15) is 80.1 Å². The van der Waals surface area contributed by atoms with E-state index in [0.717, 1.165) is 12.8 Å². The van der Waals surface area contributed by atoms with Crippen molar-refractivity contribution in [2.45, 2.75) is 116 Å². The van der Waals surface area contributed by atoms with Crippen molar-refractivity contribution in [1.82, 2.24) is 25.5 Å². The van der Waals surface area contributed by atoms with E-state index in [1.807, 2.05) is 47.6 Å². The molecule has 0 spiro atoms. The third kappa shape index (κ3) is 8.07. The van der Waals surface area contributed by atoms with E-state index < -0.39 is 53.0 Å². The molecule has 14 nitrogen and oxygen atoms in total. The first-order chi connectivity index (χ1) is 26.5. The number of hydrogen-bond acceptors (Lipinski definition) is 11. The number of nitrogens with one attached hydrogen (secondary N) is 3. The third-order valence-electron chi connectivity index (χ3n) is 11.5. The molecule has 0 bridgehead atoms. The zero-order valence-electron chi connectivity index (χ0n) is 32.8. The van der Waals surface area contributed by atoms with Crippen molar-refractivity contribution in [3.63, 3.8) is 0 Å². The number of ether oxygens (including phenoxy) is 3. The van der Waals surface area contributed by atoms with Crippen LogP contribution in [0.5, 0.6) is 11.5 Å². The molecule has 4 aliphatic rings. The van der Waals surface area contributed by atoms with Gasteiger partial charge in [0.1, 0.15) is 51.4 Å². The Morgan fingerprint density at radius 3 is 2.43 bits per heavy atom. The number of carboxylic acid groups (broad SMARTS) is 1. The summed E-state index contributed by atoms with van der Waals surface area (Å²) in [4.78, 5) is 65.5. The van der Waals surface area contributed by atoms with Gasteiger partial charge >= 0.3 is 12.1 Å². The van der Waals surface area contributed by atoms with Crippen LogP contribution in [-0.2, 0) is 19.1 Å². The van der Waals surface area contributed by atoms with Gasteiger partial charge in [-0.25, -0.2) is 19.6 Å². The summed E-state index contributed by atoms with van der Waals surface area (Å²) in [6.07, 6.45) is 2.19. The summed E-state index contributed by atoms with van der Waals surface area (Å²) in [6, 6.07) is 5.12. The van der Waals surface area contributed by atoms with Crippen molar-refractivity contribution in [1.29, 1.82) is 0 Å². The molecule has 56 heavy (non-hydrogen) atoms. The molecule has 16 heteroatoms. The Kier molecular flexibility index (Phi) is 10.8. The molecule has 4 N–H and O–H groups in total. The maximum absolute atomic E-state index is 14.7.